The molecule has 1 unspecified atom stereocenters. The summed E-state index contributed by atoms with van der Waals surface area (Å²) in [6, 6.07) is 1.32. The summed E-state index contributed by atoms with van der Waals surface area (Å²) < 4.78 is 0. The Kier molecular flexibility index (Phi) is 4.68. The van der Waals surface area contributed by atoms with Gasteiger partial charge in [0.25, 0.3) is 0 Å². The number of nitrogens with zero attached hydrogens (tertiary/aromatic N) is 2. The van der Waals surface area contributed by atoms with E-state index in [4.69, 9.17) is 0 Å². The maximum atomic E-state index is 9.34. The summed E-state index contributed by atoms with van der Waals surface area (Å²) in [5.41, 5.74) is 0.363. The highest BCUT2D eigenvalue weighted by Gasteiger charge is 2.36. The molecule has 0 spiro atoms. The minimum absolute atomic E-state index is 0.322. The molecule has 1 aliphatic heterocycles. The van der Waals surface area contributed by atoms with Crippen molar-refractivity contribution in [3.05, 3.63) is 0 Å². The molecule has 0 aromatic heterocycles. The Morgan fingerprint density at radius 3 is 2.44 bits per heavy atom. The van der Waals surface area contributed by atoms with E-state index in [1.807, 2.05) is 0 Å². The summed E-state index contributed by atoms with van der Waals surface area (Å²) in [5, 5.41) is 9.34. The SMILES string of the molecule is CN1CC(CCO)N(C2CCCC2)CC(C)(C)C1. The number of aliphatic hydroxyl groups is 1. The van der Waals surface area contributed by atoms with Crippen LogP contribution in [-0.4, -0.2) is 60.3 Å². The van der Waals surface area contributed by atoms with Crippen LogP contribution in [0.1, 0.15) is 46.0 Å². The van der Waals surface area contributed by atoms with E-state index in [1.165, 1.54) is 32.2 Å². The second-order valence-electron chi connectivity index (χ2n) is 7.14. The highest BCUT2D eigenvalue weighted by atomic mass is 16.3. The predicted octanol–water partition coefficient (Wildman–Crippen LogP) is 1.95. The molecule has 0 bridgehead atoms. The van der Waals surface area contributed by atoms with Crippen LogP contribution in [0.15, 0.2) is 0 Å². The van der Waals surface area contributed by atoms with Crippen LogP contribution in [0, 0.1) is 5.41 Å². The second kappa shape index (κ2) is 5.89. The van der Waals surface area contributed by atoms with Crippen molar-refractivity contribution in [3.8, 4) is 0 Å². The average Bonchev–Trinajstić information content (AvgIpc) is 2.74. The minimum atomic E-state index is 0.322. The standard InChI is InChI=1S/C15H30N2O/c1-15(2)11-16(3)10-14(8-9-18)17(12-15)13-6-4-5-7-13/h13-14,18H,4-12H2,1-3H3. The lowest BCUT2D eigenvalue weighted by Crippen LogP contribution is -2.47. The largest absolute Gasteiger partial charge is 0.396 e. The molecule has 1 aliphatic carbocycles. The van der Waals surface area contributed by atoms with E-state index in [2.05, 4.69) is 30.7 Å². The van der Waals surface area contributed by atoms with Gasteiger partial charge in [0, 0.05) is 38.3 Å². The molecule has 1 N–H and O–H groups in total. The van der Waals surface area contributed by atoms with Gasteiger partial charge in [0.15, 0.2) is 0 Å². The molecule has 1 heterocycles. The van der Waals surface area contributed by atoms with Gasteiger partial charge in [-0.05, 0) is 31.7 Å². The Labute approximate surface area is 112 Å². The van der Waals surface area contributed by atoms with E-state index in [1.54, 1.807) is 0 Å². The molecule has 106 valence electrons. The molecule has 2 rings (SSSR count). The Morgan fingerprint density at radius 2 is 1.83 bits per heavy atom. The van der Waals surface area contributed by atoms with Crippen molar-refractivity contribution in [1.29, 1.82) is 0 Å². The summed E-state index contributed by atoms with van der Waals surface area (Å²) in [5.74, 6) is 0. The quantitative estimate of drug-likeness (QED) is 0.834. The average molecular weight is 254 g/mol. The van der Waals surface area contributed by atoms with Gasteiger partial charge in [0.2, 0.25) is 0 Å². The highest BCUT2D eigenvalue weighted by Crippen LogP contribution is 2.32. The molecule has 1 atom stereocenters. The summed E-state index contributed by atoms with van der Waals surface area (Å²) in [4.78, 5) is 5.18. The van der Waals surface area contributed by atoms with Crippen molar-refractivity contribution in [2.24, 2.45) is 5.41 Å². The van der Waals surface area contributed by atoms with Crippen molar-refractivity contribution < 1.29 is 5.11 Å². The van der Waals surface area contributed by atoms with Crippen LogP contribution in [0.3, 0.4) is 0 Å². The Bertz CT molecular complexity index is 261. The Hall–Kier alpha value is -0.120. The third kappa shape index (κ3) is 3.46. The van der Waals surface area contributed by atoms with Crippen LogP contribution in [0.25, 0.3) is 0 Å². The smallest absolute Gasteiger partial charge is 0.0446 e. The molecular formula is C15H30N2O. The lowest BCUT2D eigenvalue weighted by molar-refractivity contribution is 0.0882. The van der Waals surface area contributed by atoms with Gasteiger partial charge in [-0.25, -0.2) is 0 Å². The van der Waals surface area contributed by atoms with E-state index < -0.39 is 0 Å². The molecule has 2 aliphatic rings. The second-order valence-corrected chi connectivity index (χ2v) is 7.14. The maximum absolute atomic E-state index is 9.34. The summed E-state index contributed by atoms with van der Waals surface area (Å²) in [6.45, 7) is 8.55. The molecule has 3 heteroatoms. The zero-order valence-corrected chi connectivity index (χ0v) is 12.4. The third-order valence-corrected chi connectivity index (χ3v) is 4.56. The van der Waals surface area contributed by atoms with Gasteiger partial charge in [0.05, 0.1) is 0 Å². The van der Waals surface area contributed by atoms with Gasteiger partial charge >= 0.3 is 0 Å². The number of rotatable bonds is 3. The van der Waals surface area contributed by atoms with Crippen LogP contribution in [-0.2, 0) is 0 Å². The Morgan fingerprint density at radius 1 is 1.17 bits per heavy atom. The van der Waals surface area contributed by atoms with Crippen LogP contribution < -0.4 is 0 Å². The fraction of sp³-hybridized carbons (Fsp3) is 1.00. The Balaban J connectivity index is 2.13. The van der Waals surface area contributed by atoms with Crippen molar-refractivity contribution in [3.63, 3.8) is 0 Å². The first-order chi connectivity index (χ1) is 8.52. The van der Waals surface area contributed by atoms with Gasteiger partial charge in [-0.2, -0.15) is 0 Å². The summed E-state index contributed by atoms with van der Waals surface area (Å²) in [7, 11) is 2.23. The minimum Gasteiger partial charge on any atom is -0.396 e. The first-order valence-corrected chi connectivity index (χ1v) is 7.57. The molecule has 18 heavy (non-hydrogen) atoms. The molecule has 0 aromatic carbocycles. The number of aliphatic hydroxyl groups excluding tert-OH is 1. The van der Waals surface area contributed by atoms with E-state index >= 15 is 0 Å². The normalized spacial score (nSPS) is 31.7. The van der Waals surface area contributed by atoms with E-state index in [0.29, 0.717) is 18.1 Å². The van der Waals surface area contributed by atoms with Crippen molar-refractivity contribution in [1.82, 2.24) is 9.80 Å². The molecule has 3 nitrogen and oxygen atoms in total. The van der Waals surface area contributed by atoms with Crippen molar-refractivity contribution >= 4 is 0 Å². The molecule has 0 aromatic rings. The van der Waals surface area contributed by atoms with E-state index in [-0.39, 0.29) is 0 Å². The fourth-order valence-electron chi connectivity index (χ4n) is 4.00. The van der Waals surface area contributed by atoms with Crippen LogP contribution >= 0.6 is 0 Å². The topological polar surface area (TPSA) is 26.7 Å². The highest BCUT2D eigenvalue weighted by molar-refractivity contribution is 4.91. The maximum Gasteiger partial charge on any atom is 0.0446 e. The molecule has 0 amide bonds. The van der Waals surface area contributed by atoms with Gasteiger partial charge in [-0.3, -0.25) is 4.90 Å². The number of hydrogen-bond acceptors (Lipinski definition) is 3. The molecule has 1 saturated heterocycles. The van der Waals surface area contributed by atoms with E-state index in [0.717, 1.165) is 25.6 Å². The zero-order valence-electron chi connectivity index (χ0n) is 12.4. The lowest BCUT2D eigenvalue weighted by Gasteiger charge is -2.38. The van der Waals surface area contributed by atoms with Gasteiger partial charge in [0.1, 0.15) is 0 Å². The van der Waals surface area contributed by atoms with Crippen LogP contribution in [0.4, 0.5) is 0 Å². The number of likely N-dealkylation sites (N-methyl/N-ethyl adjacent to an activating group) is 1. The van der Waals surface area contributed by atoms with E-state index in [9.17, 15) is 5.11 Å². The third-order valence-electron chi connectivity index (χ3n) is 4.56. The molecule has 2 fully saturated rings. The van der Waals surface area contributed by atoms with Gasteiger partial charge < -0.3 is 10.0 Å². The molecule has 0 radical (unpaired) electrons. The van der Waals surface area contributed by atoms with Crippen LogP contribution in [0.5, 0.6) is 0 Å². The summed E-state index contributed by atoms with van der Waals surface area (Å²) >= 11 is 0. The fourth-order valence-corrected chi connectivity index (χ4v) is 4.00. The summed E-state index contributed by atoms with van der Waals surface area (Å²) in [6.07, 6.45) is 6.44. The number of hydrogen-bond donors (Lipinski definition) is 1. The van der Waals surface area contributed by atoms with Crippen molar-refractivity contribution in [2.45, 2.75) is 58.0 Å². The van der Waals surface area contributed by atoms with Gasteiger partial charge in [-0.15, -0.1) is 0 Å². The van der Waals surface area contributed by atoms with Gasteiger partial charge in [-0.1, -0.05) is 26.7 Å². The van der Waals surface area contributed by atoms with Crippen molar-refractivity contribution in [2.75, 3.05) is 33.3 Å². The zero-order chi connectivity index (χ0) is 13.2. The monoisotopic (exact) mass is 254 g/mol. The molecule has 1 saturated carbocycles. The first kappa shape index (κ1) is 14.3. The lowest BCUT2D eigenvalue weighted by atomic mass is 9.91. The molecular weight excluding hydrogens is 224 g/mol. The van der Waals surface area contributed by atoms with Crippen LogP contribution in [0.2, 0.25) is 0 Å². The predicted molar refractivity (Wildman–Crippen MR) is 75.7 cm³/mol. The first-order valence-electron chi connectivity index (χ1n) is 7.57.